The maximum absolute atomic E-state index is 5.79. The first-order valence-electron chi connectivity index (χ1n) is 4.29. The molecule has 1 heterocycles. The van der Waals surface area contributed by atoms with Crippen LogP contribution < -0.4 is 5.73 Å². The van der Waals surface area contributed by atoms with E-state index in [2.05, 4.69) is 9.97 Å². The van der Waals surface area contributed by atoms with Crippen LogP contribution in [0.3, 0.4) is 0 Å². The fraction of sp³-hybridized carbons (Fsp3) is 0.100. The van der Waals surface area contributed by atoms with E-state index >= 15 is 0 Å². The van der Waals surface area contributed by atoms with E-state index in [9.17, 15) is 0 Å². The highest BCUT2D eigenvalue weighted by Crippen LogP contribution is 2.19. The Morgan fingerprint density at radius 3 is 2.31 bits per heavy atom. The molecule has 0 spiro atoms. The molecule has 0 aliphatic carbocycles. The van der Waals surface area contributed by atoms with Gasteiger partial charge in [0.25, 0.3) is 0 Å². The summed E-state index contributed by atoms with van der Waals surface area (Å²) in [5.41, 5.74) is 7.47. The molecule has 0 aliphatic heterocycles. The van der Waals surface area contributed by atoms with Gasteiger partial charge in [-0.15, -0.1) is 24.8 Å². The second kappa shape index (κ2) is 6.76. The molecular weight excluding hydrogens is 268 g/mol. The van der Waals surface area contributed by atoms with Gasteiger partial charge in [-0.3, -0.25) is 0 Å². The van der Waals surface area contributed by atoms with Crippen molar-refractivity contribution in [2.24, 2.45) is 5.73 Å². The number of aromatic amines is 1. The number of rotatable bonds is 2. The molecule has 0 bridgehead atoms. The van der Waals surface area contributed by atoms with E-state index in [1.165, 1.54) is 0 Å². The molecule has 3 nitrogen and oxygen atoms in total. The van der Waals surface area contributed by atoms with Crippen LogP contribution in [0.2, 0.25) is 5.02 Å². The van der Waals surface area contributed by atoms with Crippen molar-refractivity contribution in [3.05, 3.63) is 41.3 Å². The first kappa shape index (κ1) is 15.3. The minimum Gasteiger partial charge on any atom is -0.341 e. The standard InChI is InChI=1S/C10H10ClN3.2ClH/c11-8-3-1-7(2-4-8)9-6-13-10(5-12)14-9;;/h1-4,6H,5,12H2,(H,13,14);2*1H. The van der Waals surface area contributed by atoms with Crippen LogP contribution in [0.25, 0.3) is 11.3 Å². The number of imidazole rings is 1. The third-order valence-electron chi connectivity index (χ3n) is 1.98. The zero-order chi connectivity index (χ0) is 9.97. The van der Waals surface area contributed by atoms with Crippen LogP contribution >= 0.6 is 36.4 Å². The first-order valence-corrected chi connectivity index (χ1v) is 4.67. The topological polar surface area (TPSA) is 54.7 Å². The van der Waals surface area contributed by atoms with E-state index < -0.39 is 0 Å². The van der Waals surface area contributed by atoms with E-state index in [4.69, 9.17) is 17.3 Å². The van der Waals surface area contributed by atoms with E-state index in [0.29, 0.717) is 6.54 Å². The summed E-state index contributed by atoms with van der Waals surface area (Å²) in [4.78, 5) is 7.24. The van der Waals surface area contributed by atoms with Crippen LogP contribution in [0, 0.1) is 0 Å². The van der Waals surface area contributed by atoms with Crippen LogP contribution in [0.5, 0.6) is 0 Å². The molecule has 6 heteroatoms. The number of halogens is 3. The highest BCUT2D eigenvalue weighted by molar-refractivity contribution is 6.30. The predicted molar refractivity (Wildman–Crippen MR) is 71.4 cm³/mol. The van der Waals surface area contributed by atoms with Crippen molar-refractivity contribution in [2.45, 2.75) is 6.54 Å². The highest BCUT2D eigenvalue weighted by Gasteiger charge is 2.01. The maximum Gasteiger partial charge on any atom is 0.120 e. The van der Waals surface area contributed by atoms with Gasteiger partial charge in [-0.25, -0.2) is 4.98 Å². The predicted octanol–water partition coefficient (Wildman–Crippen LogP) is 3.03. The summed E-state index contributed by atoms with van der Waals surface area (Å²) in [6, 6.07) is 7.58. The number of nitrogens with two attached hydrogens (primary N) is 1. The van der Waals surface area contributed by atoms with Crippen LogP contribution in [0.15, 0.2) is 30.5 Å². The number of nitrogens with one attached hydrogen (secondary N) is 1. The molecule has 0 radical (unpaired) electrons. The Bertz CT molecular complexity index is 425. The number of hydrogen-bond acceptors (Lipinski definition) is 2. The lowest BCUT2D eigenvalue weighted by Gasteiger charge is -1.96. The molecular formula is C10H12Cl3N3. The van der Waals surface area contributed by atoms with Gasteiger partial charge in [0.15, 0.2) is 0 Å². The summed E-state index contributed by atoms with van der Waals surface area (Å²) in [6.45, 7) is 0.424. The van der Waals surface area contributed by atoms with Gasteiger partial charge in [0.05, 0.1) is 18.4 Å². The van der Waals surface area contributed by atoms with Crippen LogP contribution in [0.4, 0.5) is 0 Å². The van der Waals surface area contributed by atoms with Crippen LogP contribution in [-0.4, -0.2) is 9.97 Å². The van der Waals surface area contributed by atoms with Crippen molar-refractivity contribution in [3.63, 3.8) is 0 Å². The fourth-order valence-electron chi connectivity index (χ4n) is 1.24. The van der Waals surface area contributed by atoms with Gasteiger partial charge >= 0.3 is 0 Å². The van der Waals surface area contributed by atoms with Crippen molar-refractivity contribution in [3.8, 4) is 11.3 Å². The van der Waals surface area contributed by atoms with E-state index in [-0.39, 0.29) is 24.8 Å². The van der Waals surface area contributed by atoms with E-state index in [1.807, 2.05) is 24.3 Å². The number of nitrogens with zero attached hydrogens (tertiary/aromatic N) is 1. The van der Waals surface area contributed by atoms with Gasteiger partial charge in [0, 0.05) is 5.02 Å². The Hall–Kier alpha value is -0.740. The molecule has 0 saturated heterocycles. The number of H-pyrrole nitrogens is 1. The number of aromatic nitrogens is 2. The SMILES string of the molecule is Cl.Cl.NCc1ncc(-c2ccc(Cl)cc2)[nH]1. The molecule has 0 unspecified atom stereocenters. The summed E-state index contributed by atoms with van der Waals surface area (Å²) in [5, 5.41) is 0.729. The van der Waals surface area contributed by atoms with Crippen molar-refractivity contribution in [1.29, 1.82) is 0 Å². The van der Waals surface area contributed by atoms with Gasteiger partial charge in [-0.1, -0.05) is 23.7 Å². The third-order valence-corrected chi connectivity index (χ3v) is 2.23. The summed E-state index contributed by atoms with van der Waals surface area (Å²) in [7, 11) is 0. The smallest absolute Gasteiger partial charge is 0.120 e. The zero-order valence-electron chi connectivity index (χ0n) is 8.31. The number of benzene rings is 1. The molecule has 2 rings (SSSR count). The lowest BCUT2D eigenvalue weighted by Crippen LogP contribution is -1.97. The third kappa shape index (κ3) is 3.39. The molecule has 3 N–H and O–H groups in total. The quantitative estimate of drug-likeness (QED) is 0.888. The molecule has 0 fully saturated rings. The lowest BCUT2D eigenvalue weighted by molar-refractivity contribution is 0.950. The van der Waals surface area contributed by atoms with Gasteiger partial charge in [0.2, 0.25) is 0 Å². The minimum absolute atomic E-state index is 0. The summed E-state index contributed by atoms with van der Waals surface area (Å²) >= 11 is 5.79. The van der Waals surface area contributed by atoms with E-state index in [0.717, 1.165) is 22.1 Å². The Morgan fingerprint density at radius 2 is 1.81 bits per heavy atom. The Labute approximate surface area is 111 Å². The van der Waals surface area contributed by atoms with Crippen molar-refractivity contribution < 1.29 is 0 Å². The second-order valence-electron chi connectivity index (χ2n) is 2.95. The molecule has 2 aromatic rings. The average Bonchev–Trinajstić information content (AvgIpc) is 2.67. The van der Waals surface area contributed by atoms with E-state index in [1.54, 1.807) is 6.20 Å². The first-order chi connectivity index (χ1) is 6.79. The Morgan fingerprint density at radius 1 is 1.19 bits per heavy atom. The van der Waals surface area contributed by atoms with Gasteiger partial charge in [0.1, 0.15) is 5.82 Å². The normalized spacial score (nSPS) is 9.12. The van der Waals surface area contributed by atoms with Crippen molar-refractivity contribution in [1.82, 2.24) is 9.97 Å². The molecule has 16 heavy (non-hydrogen) atoms. The molecule has 1 aromatic carbocycles. The fourth-order valence-corrected chi connectivity index (χ4v) is 1.37. The van der Waals surface area contributed by atoms with Gasteiger partial charge < -0.3 is 10.7 Å². The van der Waals surface area contributed by atoms with Gasteiger partial charge in [-0.2, -0.15) is 0 Å². The second-order valence-corrected chi connectivity index (χ2v) is 3.39. The molecule has 0 saturated carbocycles. The largest absolute Gasteiger partial charge is 0.341 e. The minimum atomic E-state index is 0. The monoisotopic (exact) mass is 279 g/mol. The highest BCUT2D eigenvalue weighted by atomic mass is 35.5. The summed E-state index contributed by atoms with van der Waals surface area (Å²) < 4.78 is 0. The molecule has 0 amide bonds. The zero-order valence-corrected chi connectivity index (χ0v) is 10.7. The Balaban J connectivity index is 0.00000112. The van der Waals surface area contributed by atoms with Gasteiger partial charge in [-0.05, 0) is 17.7 Å². The van der Waals surface area contributed by atoms with Crippen molar-refractivity contribution in [2.75, 3.05) is 0 Å². The average molecular weight is 281 g/mol. The molecule has 1 aromatic heterocycles. The maximum atomic E-state index is 5.79. The lowest BCUT2D eigenvalue weighted by atomic mass is 10.2. The summed E-state index contributed by atoms with van der Waals surface area (Å²) in [6.07, 6.45) is 1.77. The molecule has 88 valence electrons. The molecule has 0 aliphatic rings. The number of hydrogen-bond donors (Lipinski definition) is 2. The van der Waals surface area contributed by atoms with Crippen LogP contribution in [-0.2, 0) is 6.54 Å². The Kier molecular flexibility index (Phi) is 6.45. The molecule has 0 atom stereocenters. The van der Waals surface area contributed by atoms with Crippen LogP contribution in [0.1, 0.15) is 5.82 Å². The van der Waals surface area contributed by atoms with Crippen molar-refractivity contribution >= 4 is 36.4 Å². The summed E-state index contributed by atoms with van der Waals surface area (Å²) in [5.74, 6) is 0.787.